The van der Waals surface area contributed by atoms with E-state index in [9.17, 15) is 0 Å². The Balaban J connectivity index is 1.37. The summed E-state index contributed by atoms with van der Waals surface area (Å²) in [5.74, 6) is 0. The molecule has 0 unspecified atom stereocenters. The lowest BCUT2D eigenvalue weighted by Crippen LogP contribution is -2.49. The smallest absolute Gasteiger partial charge is 0.0689 e. The third-order valence-corrected chi connectivity index (χ3v) is 15.6. The Morgan fingerprint density at radius 1 is 0.364 bits per heavy atom. The molecule has 0 saturated heterocycles. The van der Waals surface area contributed by atoms with Crippen LogP contribution in [0.2, 0.25) is 13.1 Å². The standard InChI is InChI=1S/C54H36Si/c1-55(2)50-27-14-13-25-44(50)46-33-48-49(34-51(46)55)52(38-20-7-4-8-21-38)47-32-39(41-26-15-22-35-18-9-11-23-40(35)41)29-31-45(47)54(48)53-42-24-12-10-19-37(42)28-30-43(53)36-16-5-3-6-17-36/h3-14,16-25,27-34H,1-2H3. The first-order valence-corrected chi connectivity index (χ1v) is 22.2. The van der Waals surface area contributed by atoms with Gasteiger partial charge in [0.2, 0.25) is 0 Å². The fourth-order valence-corrected chi connectivity index (χ4v) is 12.6. The van der Waals surface area contributed by atoms with Gasteiger partial charge in [-0.05, 0) is 122 Å². The molecule has 10 aromatic rings. The Bertz CT molecular complexity index is 3150. The molecule has 10 aromatic carbocycles. The van der Waals surface area contributed by atoms with Crippen molar-refractivity contribution in [2.45, 2.75) is 13.1 Å². The molecule has 1 heterocycles. The van der Waals surface area contributed by atoms with E-state index in [4.69, 9.17) is 0 Å². The maximum absolute atomic E-state index is 3.53. The first kappa shape index (κ1) is 31.8. The van der Waals surface area contributed by atoms with Crippen LogP contribution >= 0.6 is 0 Å². The Morgan fingerprint density at radius 3 is 1.84 bits per heavy atom. The zero-order valence-electron chi connectivity index (χ0n) is 30.8. The first-order valence-electron chi connectivity index (χ1n) is 19.2. The Morgan fingerprint density at radius 2 is 1.02 bits per heavy atom. The van der Waals surface area contributed by atoms with Crippen molar-refractivity contribution in [3.8, 4) is 55.6 Å². The summed E-state index contributed by atoms with van der Waals surface area (Å²) in [7, 11) is -2.00. The second kappa shape index (κ2) is 12.2. The molecule has 0 atom stereocenters. The predicted octanol–water partition coefficient (Wildman–Crippen LogP) is 13.4. The predicted molar refractivity (Wildman–Crippen MR) is 238 cm³/mol. The van der Waals surface area contributed by atoms with Crippen LogP contribution in [-0.2, 0) is 0 Å². The van der Waals surface area contributed by atoms with Crippen LogP contribution in [0, 0.1) is 12.1 Å². The third kappa shape index (κ3) is 4.79. The summed E-state index contributed by atoms with van der Waals surface area (Å²) in [5.41, 5.74) is 12.5. The Kier molecular flexibility index (Phi) is 7.02. The number of hydrogen-bond acceptors (Lipinski definition) is 0. The molecule has 0 radical (unpaired) electrons. The van der Waals surface area contributed by atoms with Crippen LogP contribution in [0.25, 0.3) is 98.7 Å². The van der Waals surface area contributed by atoms with Crippen LogP contribution in [0.1, 0.15) is 0 Å². The molecule has 0 nitrogen and oxygen atoms in total. The second-order valence-electron chi connectivity index (χ2n) is 15.4. The van der Waals surface area contributed by atoms with Crippen molar-refractivity contribution in [1.29, 1.82) is 0 Å². The van der Waals surface area contributed by atoms with Crippen molar-refractivity contribution >= 4 is 61.5 Å². The molecule has 1 heteroatoms. The molecule has 1 aliphatic heterocycles. The molecule has 0 amide bonds. The van der Waals surface area contributed by atoms with E-state index >= 15 is 0 Å². The van der Waals surface area contributed by atoms with E-state index in [-0.39, 0.29) is 0 Å². The van der Waals surface area contributed by atoms with Crippen LogP contribution in [0.15, 0.2) is 182 Å². The quantitative estimate of drug-likeness (QED) is 0.126. The molecule has 0 aliphatic carbocycles. The molecular formula is C54H36Si. The van der Waals surface area contributed by atoms with E-state index in [0.717, 1.165) is 11.1 Å². The van der Waals surface area contributed by atoms with Gasteiger partial charge in [0.05, 0.1) is 0 Å². The van der Waals surface area contributed by atoms with Gasteiger partial charge in [-0.1, -0.05) is 189 Å². The lowest BCUT2D eigenvalue weighted by Gasteiger charge is -2.24. The highest BCUT2D eigenvalue weighted by Crippen LogP contribution is 2.50. The number of hydrogen-bond donors (Lipinski definition) is 0. The molecular weight excluding hydrogens is 677 g/mol. The lowest BCUT2D eigenvalue weighted by atomic mass is 9.80. The van der Waals surface area contributed by atoms with Gasteiger partial charge in [-0.25, -0.2) is 0 Å². The Labute approximate surface area is 323 Å². The van der Waals surface area contributed by atoms with E-state index in [0.29, 0.717) is 0 Å². The zero-order chi connectivity index (χ0) is 36.7. The molecule has 1 aliphatic rings. The third-order valence-electron chi connectivity index (χ3n) is 12.1. The highest BCUT2D eigenvalue weighted by atomic mass is 28.3. The van der Waals surface area contributed by atoms with Gasteiger partial charge < -0.3 is 0 Å². The van der Waals surface area contributed by atoms with Crippen molar-refractivity contribution in [3.63, 3.8) is 0 Å². The van der Waals surface area contributed by atoms with E-state index in [1.54, 1.807) is 0 Å². The minimum absolute atomic E-state index is 1.08. The normalized spacial score (nSPS) is 12.9. The monoisotopic (exact) mass is 712 g/mol. The van der Waals surface area contributed by atoms with Gasteiger partial charge in [-0.15, -0.1) is 0 Å². The van der Waals surface area contributed by atoms with Crippen LogP contribution < -0.4 is 10.4 Å². The van der Waals surface area contributed by atoms with Gasteiger partial charge in [0.15, 0.2) is 0 Å². The number of benzene rings is 9. The summed E-state index contributed by atoms with van der Waals surface area (Å²) in [4.78, 5) is 0. The highest BCUT2D eigenvalue weighted by Gasteiger charge is 2.38. The van der Waals surface area contributed by atoms with Crippen molar-refractivity contribution in [2.75, 3.05) is 0 Å². The fraction of sp³-hybridized carbons (Fsp3) is 0.0370. The van der Waals surface area contributed by atoms with Crippen LogP contribution in [0.4, 0.5) is 0 Å². The molecule has 55 heavy (non-hydrogen) atoms. The van der Waals surface area contributed by atoms with Gasteiger partial charge in [0, 0.05) is 5.56 Å². The average molecular weight is 713 g/mol. The van der Waals surface area contributed by atoms with E-state index in [1.165, 1.54) is 98.0 Å². The zero-order valence-corrected chi connectivity index (χ0v) is 31.8. The fourth-order valence-electron chi connectivity index (χ4n) is 9.49. The number of rotatable bonds is 4. The van der Waals surface area contributed by atoms with Crippen LogP contribution in [-0.4, -0.2) is 8.07 Å². The van der Waals surface area contributed by atoms with Crippen LogP contribution in [0.3, 0.4) is 0 Å². The summed E-state index contributed by atoms with van der Waals surface area (Å²) in [6, 6.07) is 74.5. The number of fused-ring (bicyclic) bond motifs is 7. The molecule has 0 spiro atoms. The van der Waals surface area contributed by atoms with Gasteiger partial charge in [-0.2, -0.15) is 0 Å². The molecule has 0 aromatic heterocycles. The Hall–Kier alpha value is -6.72. The summed E-state index contributed by atoms with van der Waals surface area (Å²) in [6.07, 6.45) is 0. The first-order chi connectivity index (χ1) is 27.1. The second-order valence-corrected chi connectivity index (χ2v) is 19.8. The van der Waals surface area contributed by atoms with Crippen molar-refractivity contribution in [1.82, 2.24) is 0 Å². The SMILES string of the molecule is C[Si]1(C)c2ccccc2-c2cc3c(-c4c(-c5ccccc5)ccc5ccccc45)c4ccc(-c5c#ccc6ccccc56)cc4c(-c4ccccc4)c3cc21. The highest BCUT2D eigenvalue weighted by molar-refractivity contribution is 7.04. The van der Waals surface area contributed by atoms with E-state index < -0.39 is 8.07 Å². The van der Waals surface area contributed by atoms with Crippen molar-refractivity contribution in [3.05, 3.63) is 194 Å². The van der Waals surface area contributed by atoms with Gasteiger partial charge in [0.25, 0.3) is 0 Å². The summed E-state index contributed by atoms with van der Waals surface area (Å²) in [6.45, 7) is 5.05. The van der Waals surface area contributed by atoms with Gasteiger partial charge in [-0.3, -0.25) is 0 Å². The maximum atomic E-state index is 3.53. The minimum Gasteiger partial charge on any atom is -0.0689 e. The molecule has 11 rings (SSSR count). The topological polar surface area (TPSA) is 0 Å². The summed E-state index contributed by atoms with van der Waals surface area (Å²) in [5, 5.41) is 13.0. The lowest BCUT2D eigenvalue weighted by molar-refractivity contribution is 1.63. The molecule has 0 bridgehead atoms. The molecule has 256 valence electrons. The van der Waals surface area contributed by atoms with E-state index in [2.05, 4.69) is 201 Å². The van der Waals surface area contributed by atoms with Crippen LogP contribution in [0.5, 0.6) is 0 Å². The van der Waals surface area contributed by atoms with Crippen molar-refractivity contribution in [2.24, 2.45) is 0 Å². The average Bonchev–Trinajstić information content (AvgIpc) is 3.47. The largest absolute Gasteiger partial charge is 0.113 e. The maximum Gasteiger partial charge on any atom is 0.113 e. The molecule has 0 N–H and O–H groups in total. The summed E-state index contributed by atoms with van der Waals surface area (Å²) < 4.78 is 0. The molecule has 0 fully saturated rings. The van der Waals surface area contributed by atoms with Crippen molar-refractivity contribution < 1.29 is 0 Å². The molecule has 0 saturated carbocycles. The van der Waals surface area contributed by atoms with E-state index in [1.807, 2.05) is 6.07 Å². The van der Waals surface area contributed by atoms with Gasteiger partial charge in [0.1, 0.15) is 8.07 Å². The van der Waals surface area contributed by atoms with Gasteiger partial charge >= 0.3 is 0 Å². The summed E-state index contributed by atoms with van der Waals surface area (Å²) >= 11 is 0. The minimum atomic E-state index is -2.00.